The first-order valence-corrected chi connectivity index (χ1v) is 6.39. The fourth-order valence-corrected chi connectivity index (χ4v) is 2.12. The van der Waals surface area contributed by atoms with E-state index in [4.69, 9.17) is 0 Å². The molecule has 0 rings (SSSR count). The van der Waals surface area contributed by atoms with Gasteiger partial charge in [0.2, 0.25) is 0 Å². The lowest BCUT2D eigenvalue weighted by Gasteiger charge is -2.32. The molecule has 0 spiro atoms. The Morgan fingerprint density at radius 2 is 1.32 bits per heavy atom. The molecular formula is C5HF10NO4S2. The van der Waals surface area contributed by atoms with Crippen molar-refractivity contribution in [2.45, 2.75) is 23.3 Å². The zero-order chi connectivity index (χ0) is 18.2. The Balaban J connectivity index is 5.65. The Bertz CT molecular complexity index is 528. The van der Waals surface area contributed by atoms with Gasteiger partial charge in [0.05, 0.1) is 0 Å². The van der Waals surface area contributed by atoms with Crippen LogP contribution in [0.15, 0.2) is 0 Å². The van der Waals surface area contributed by atoms with Crippen molar-refractivity contribution in [1.29, 1.82) is 0 Å². The summed E-state index contributed by atoms with van der Waals surface area (Å²) < 4.78 is 147. The smallest absolute Gasteiger partial charge is 0.348 e. The van der Waals surface area contributed by atoms with Crippen molar-refractivity contribution in [3.63, 3.8) is 0 Å². The SMILES string of the molecule is O=C(F)OSNS(=O)(=O)C(F)(F)C(F)(F)C(F)(F)C(F)(F)F. The Morgan fingerprint density at radius 1 is 0.909 bits per heavy atom. The number of carbonyl (C=O) groups excluding carboxylic acids is 1. The van der Waals surface area contributed by atoms with Crippen LogP contribution in [0.5, 0.6) is 0 Å². The Morgan fingerprint density at radius 3 is 1.64 bits per heavy atom. The van der Waals surface area contributed by atoms with Crippen LogP contribution in [0.25, 0.3) is 0 Å². The van der Waals surface area contributed by atoms with Gasteiger partial charge >= 0.3 is 29.5 Å². The van der Waals surface area contributed by atoms with Gasteiger partial charge in [-0.25, -0.2) is 13.2 Å². The molecule has 0 aliphatic heterocycles. The highest BCUT2D eigenvalue weighted by molar-refractivity contribution is 8.07. The fourth-order valence-electron chi connectivity index (χ4n) is 0.676. The molecule has 5 nitrogen and oxygen atoms in total. The van der Waals surface area contributed by atoms with Gasteiger partial charge in [-0.1, -0.05) is 0 Å². The molecule has 0 aromatic heterocycles. The number of hydrogen-bond acceptors (Lipinski definition) is 5. The third kappa shape index (κ3) is 3.50. The van der Waals surface area contributed by atoms with E-state index in [-0.39, 0.29) is 4.13 Å². The van der Waals surface area contributed by atoms with Crippen LogP contribution in [0.3, 0.4) is 0 Å². The molecule has 0 saturated heterocycles. The molecule has 0 radical (unpaired) electrons. The molecule has 0 bridgehead atoms. The fraction of sp³-hybridized carbons (Fsp3) is 0.800. The summed E-state index contributed by atoms with van der Waals surface area (Å²) >= 11 is -1.27. The molecule has 0 aromatic rings. The zero-order valence-electron chi connectivity index (χ0n) is 9.23. The van der Waals surface area contributed by atoms with Crippen molar-refractivity contribution in [2.24, 2.45) is 0 Å². The van der Waals surface area contributed by atoms with Gasteiger partial charge < -0.3 is 4.18 Å². The van der Waals surface area contributed by atoms with Crippen molar-refractivity contribution in [2.75, 3.05) is 0 Å². The molecule has 0 aliphatic rings. The van der Waals surface area contributed by atoms with E-state index in [0.717, 1.165) is 0 Å². The molecule has 132 valence electrons. The van der Waals surface area contributed by atoms with Gasteiger partial charge in [-0.2, -0.15) is 39.5 Å². The third-order valence-corrected chi connectivity index (χ3v) is 4.00. The Hall–Kier alpha value is -0.970. The molecule has 22 heavy (non-hydrogen) atoms. The highest BCUT2D eigenvalue weighted by atomic mass is 32.3. The summed E-state index contributed by atoms with van der Waals surface area (Å²) in [4.78, 5) is 9.52. The second-order valence-electron chi connectivity index (χ2n) is 3.15. The molecule has 0 amide bonds. The summed E-state index contributed by atoms with van der Waals surface area (Å²) in [6.07, 6.45) is -10.0. The van der Waals surface area contributed by atoms with Crippen LogP contribution in [-0.4, -0.2) is 37.9 Å². The first-order chi connectivity index (χ1) is 9.42. The molecule has 0 aromatic carbocycles. The first-order valence-electron chi connectivity index (χ1n) is 4.16. The van der Waals surface area contributed by atoms with Gasteiger partial charge in [0.25, 0.3) is 10.0 Å². The van der Waals surface area contributed by atoms with E-state index in [1.54, 1.807) is 0 Å². The number of sulfonamides is 1. The van der Waals surface area contributed by atoms with E-state index in [2.05, 4.69) is 4.18 Å². The average Bonchev–Trinajstić information content (AvgIpc) is 2.25. The maximum atomic E-state index is 12.9. The van der Waals surface area contributed by atoms with Gasteiger partial charge in [-0.15, -0.1) is 8.52 Å². The Labute approximate surface area is 118 Å². The predicted molar refractivity (Wildman–Crippen MR) is 48.1 cm³/mol. The van der Waals surface area contributed by atoms with E-state index in [0.29, 0.717) is 0 Å². The van der Waals surface area contributed by atoms with Gasteiger partial charge in [0, 0.05) is 0 Å². The second-order valence-corrected chi connectivity index (χ2v) is 5.67. The van der Waals surface area contributed by atoms with E-state index in [9.17, 15) is 57.1 Å². The summed E-state index contributed by atoms with van der Waals surface area (Å²) in [6, 6.07) is 0. The summed E-state index contributed by atoms with van der Waals surface area (Å²) in [5, 5.41) is -7.01. The topological polar surface area (TPSA) is 72.5 Å². The summed E-state index contributed by atoms with van der Waals surface area (Å²) in [7, 11) is -6.95. The minimum absolute atomic E-state index is 0.135. The lowest BCUT2D eigenvalue weighted by molar-refractivity contribution is -0.382. The van der Waals surface area contributed by atoms with E-state index in [1.165, 1.54) is 0 Å². The van der Waals surface area contributed by atoms with Gasteiger partial charge in [-0.3, -0.25) is 0 Å². The van der Waals surface area contributed by atoms with Crippen LogP contribution in [-0.2, 0) is 14.2 Å². The van der Waals surface area contributed by atoms with Crippen LogP contribution in [0.4, 0.5) is 48.7 Å². The first kappa shape index (κ1) is 21.0. The van der Waals surface area contributed by atoms with Crippen molar-refractivity contribution in [3.8, 4) is 0 Å². The van der Waals surface area contributed by atoms with Crippen molar-refractivity contribution < 1.29 is 61.3 Å². The molecule has 0 atom stereocenters. The lowest BCUT2D eigenvalue weighted by atomic mass is 10.1. The number of halogens is 10. The lowest BCUT2D eigenvalue weighted by Crippen LogP contribution is -2.64. The van der Waals surface area contributed by atoms with E-state index >= 15 is 0 Å². The van der Waals surface area contributed by atoms with Gasteiger partial charge in [-0.05, 0) is 0 Å². The summed E-state index contributed by atoms with van der Waals surface area (Å²) in [6.45, 7) is 0. The van der Waals surface area contributed by atoms with Crippen molar-refractivity contribution >= 4 is 28.5 Å². The maximum absolute atomic E-state index is 12.9. The van der Waals surface area contributed by atoms with Crippen molar-refractivity contribution in [3.05, 3.63) is 0 Å². The summed E-state index contributed by atoms with van der Waals surface area (Å²) in [5.41, 5.74) is 0. The van der Waals surface area contributed by atoms with Gasteiger partial charge in [0.15, 0.2) is 12.2 Å². The van der Waals surface area contributed by atoms with Crippen LogP contribution in [0.2, 0.25) is 0 Å². The standard InChI is InChI=1S/C5HF10NO4S2/c6-1(17)20-21-16-22(18,19)5(14,15)3(9,10)2(7,8)4(11,12)13/h16H. The molecule has 17 heteroatoms. The monoisotopic (exact) mass is 393 g/mol. The molecule has 1 N–H and O–H groups in total. The maximum Gasteiger partial charge on any atom is 0.509 e. The van der Waals surface area contributed by atoms with Crippen LogP contribution >= 0.6 is 12.2 Å². The minimum Gasteiger partial charge on any atom is -0.348 e. The van der Waals surface area contributed by atoms with Crippen LogP contribution in [0.1, 0.15) is 0 Å². The highest BCUT2D eigenvalue weighted by Gasteiger charge is 2.85. The number of hydrogen-bond donors (Lipinski definition) is 1. The quantitative estimate of drug-likeness (QED) is 0.325. The molecule has 0 fully saturated rings. The number of nitrogens with one attached hydrogen (secondary N) is 1. The molecule has 0 unspecified atom stereocenters. The zero-order valence-corrected chi connectivity index (χ0v) is 10.9. The molecule has 0 saturated carbocycles. The minimum atomic E-state index is -7.44. The average molecular weight is 393 g/mol. The molecular weight excluding hydrogens is 392 g/mol. The highest BCUT2D eigenvalue weighted by Crippen LogP contribution is 2.54. The number of carbonyl (C=O) groups is 1. The second kappa shape index (κ2) is 5.91. The molecule has 0 aliphatic carbocycles. The summed E-state index contributed by atoms with van der Waals surface area (Å²) in [5.74, 6) is -14.9. The van der Waals surface area contributed by atoms with Crippen LogP contribution in [0, 0.1) is 0 Å². The predicted octanol–water partition coefficient (Wildman–Crippen LogP) is 3.00. The van der Waals surface area contributed by atoms with Crippen molar-refractivity contribution in [1.82, 2.24) is 4.13 Å². The normalized spacial score (nSPS) is 14.8. The Kier molecular flexibility index (Phi) is 5.65. The largest absolute Gasteiger partial charge is 0.509 e. The number of rotatable bonds is 6. The third-order valence-electron chi connectivity index (χ3n) is 1.70. The van der Waals surface area contributed by atoms with Crippen LogP contribution < -0.4 is 4.13 Å². The number of alkyl halides is 9. The van der Waals surface area contributed by atoms with E-state index in [1.807, 2.05) is 0 Å². The van der Waals surface area contributed by atoms with Gasteiger partial charge in [0.1, 0.15) is 0 Å². The van der Waals surface area contributed by atoms with E-state index < -0.39 is 51.8 Å². The molecule has 0 heterocycles.